The Labute approximate surface area is 114 Å². The zero-order chi connectivity index (χ0) is 13.8. The number of likely N-dealkylation sites (N-methyl/N-ethyl adjacent to an activating group) is 1. The van der Waals surface area contributed by atoms with E-state index >= 15 is 0 Å². The lowest BCUT2D eigenvalue weighted by atomic mass is 10.3. The van der Waals surface area contributed by atoms with Crippen LogP contribution in [0.2, 0.25) is 0 Å². The van der Waals surface area contributed by atoms with Crippen molar-refractivity contribution in [3.63, 3.8) is 0 Å². The minimum absolute atomic E-state index is 0.0737. The molecule has 0 aromatic heterocycles. The maximum Gasteiger partial charge on any atom is 0.246 e. The predicted molar refractivity (Wildman–Crippen MR) is 74.3 cm³/mol. The second-order valence-corrected chi connectivity index (χ2v) is 3.92. The topological polar surface area (TPSA) is 59.6 Å². The summed E-state index contributed by atoms with van der Waals surface area (Å²) in [7, 11) is 0. The first-order chi connectivity index (χ1) is 9.33. The number of ether oxygens (including phenoxy) is 2. The number of hydrogen-bond acceptors (Lipinski definition) is 4. The van der Waals surface area contributed by atoms with E-state index in [-0.39, 0.29) is 12.5 Å². The van der Waals surface area contributed by atoms with Crippen molar-refractivity contribution in [2.24, 2.45) is 0 Å². The highest BCUT2D eigenvalue weighted by molar-refractivity contribution is 5.77. The van der Waals surface area contributed by atoms with Crippen LogP contribution in [0.1, 0.15) is 6.92 Å². The van der Waals surface area contributed by atoms with Gasteiger partial charge in [-0.2, -0.15) is 0 Å². The van der Waals surface area contributed by atoms with Gasteiger partial charge in [-0.05, 0) is 18.7 Å². The minimum Gasteiger partial charge on any atom is -0.491 e. The first kappa shape index (κ1) is 15.5. The number of carbonyl (C=O) groups excluding carboxylic acids is 1. The van der Waals surface area contributed by atoms with Gasteiger partial charge in [0.1, 0.15) is 19.0 Å². The van der Waals surface area contributed by atoms with Crippen LogP contribution >= 0.6 is 0 Å². The zero-order valence-electron chi connectivity index (χ0n) is 11.4. The summed E-state index contributed by atoms with van der Waals surface area (Å²) < 4.78 is 10.7. The summed E-state index contributed by atoms with van der Waals surface area (Å²) in [5, 5.41) is 5.88. The summed E-state index contributed by atoms with van der Waals surface area (Å²) in [6.07, 6.45) is 0. The number of amides is 1. The Morgan fingerprint density at radius 2 is 1.95 bits per heavy atom. The molecule has 0 aliphatic carbocycles. The zero-order valence-corrected chi connectivity index (χ0v) is 11.4. The highest BCUT2D eigenvalue weighted by Gasteiger charge is 2.00. The molecule has 0 aliphatic rings. The molecule has 0 spiro atoms. The highest BCUT2D eigenvalue weighted by Crippen LogP contribution is 2.07. The van der Waals surface area contributed by atoms with Crippen molar-refractivity contribution in [3.05, 3.63) is 30.3 Å². The second-order valence-electron chi connectivity index (χ2n) is 3.92. The quantitative estimate of drug-likeness (QED) is 0.615. The van der Waals surface area contributed by atoms with E-state index in [1.165, 1.54) is 0 Å². The van der Waals surface area contributed by atoms with Crippen molar-refractivity contribution >= 4 is 5.91 Å². The molecule has 0 saturated carbocycles. The van der Waals surface area contributed by atoms with Gasteiger partial charge in [-0.1, -0.05) is 25.1 Å². The van der Waals surface area contributed by atoms with E-state index in [0.29, 0.717) is 19.8 Å². The Hall–Kier alpha value is -1.59. The van der Waals surface area contributed by atoms with Gasteiger partial charge >= 0.3 is 0 Å². The predicted octanol–water partition coefficient (Wildman–Crippen LogP) is 0.808. The fourth-order valence-electron chi connectivity index (χ4n) is 1.42. The first-order valence-corrected chi connectivity index (χ1v) is 6.56. The molecule has 0 radical (unpaired) electrons. The standard InChI is InChI=1S/C14H22N2O3/c1-2-15-8-9-16-14(17)12-18-10-11-19-13-6-4-3-5-7-13/h3-7,15H,2,8-12H2,1H3,(H,16,17). The molecular weight excluding hydrogens is 244 g/mol. The van der Waals surface area contributed by atoms with Crippen molar-refractivity contribution in [2.75, 3.05) is 39.5 Å². The molecule has 19 heavy (non-hydrogen) atoms. The fourth-order valence-corrected chi connectivity index (χ4v) is 1.42. The molecule has 5 nitrogen and oxygen atoms in total. The van der Waals surface area contributed by atoms with Crippen LogP contribution in [0.25, 0.3) is 0 Å². The van der Waals surface area contributed by atoms with Gasteiger partial charge in [0.05, 0.1) is 6.61 Å². The average molecular weight is 266 g/mol. The Balaban J connectivity index is 1.94. The highest BCUT2D eigenvalue weighted by atomic mass is 16.5. The van der Waals surface area contributed by atoms with E-state index in [1.54, 1.807) is 0 Å². The van der Waals surface area contributed by atoms with E-state index in [9.17, 15) is 4.79 Å². The first-order valence-electron chi connectivity index (χ1n) is 6.56. The van der Waals surface area contributed by atoms with E-state index in [2.05, 4.69) is 10.6 Å². The Morgan fingerprint density at radius 1 is 1.16 bits per heavy atom. The Bertz CT molecular complexity index is 344. The molecule has 1 aromatic rings. The average Bonchev–Trinajstić information content (AvgIpc) is 2.44. The van der Waals surface area contributed by atoms with Gasteiger partial charge in [0.2, 0.25) is 5.91 Å². The SMILES string of the molecule is CCNCCNC(=O)COCCOc1ccccc1. The molecule has 0 atom stereocenters. The van der Waals surface area contributed by atoms with Gasteiger partial charge in [-0.3, -0.25) is 4.79 Å². The molecule has 0 saturated heterocycles. The maximum absolute atomic E-state index is 11.3. The lowest BCUT2D eigenvalue weighted by Gasteiger charge is -2.08. The molecule has 5 heteroatoms. The van der Waals surface area contributed by atoms with Gasteiger partial charge in [0, 0.05) is 13.1 Å². The monoisotopic (exact) mass is 266 g/mol. The molecule has 1 rings (SSSR count). The summed E-state index contributed by atoms with van der Waals surface area (Å²) >= 11 is 0. The molecule has 0 fully saturated rings. The molecular formula is C14H22N2O3. The smallest absolute Gasteiger partial charge is 0.246 e. The summed E-state index contributed by atoms with van der Waals surface area (Å²) in [6.45, 7) is 5.24. The van der Waals surface area contributed by atoms with E-state index in [4.69, 9.17) is 9.47 Å². The van der Waals surface area contributed by atoms with Crippen LogP contribution in [-0.2, 0) is 9.53 Å². The number of benzene rings is 1. The van der Waals surface area contributed by atoms with Crippen LogP contribution in [-0.4, -0.2) is 45.4 Å². The molecule has 0 unspecified atom stereocenters. The molecule has 1 amide bonds. The summed E-state index contributed by atoms with van der Waals surface area (Å²) in [5.41, 5.74) is 0. The van der Waals surface area contributed by atoms with Crippen molar-refractivity contribution < 1.29 is 14.3 Å². The van der Waals surface area contributed by atoms with Crippen LogP contribution < -0.4 is 15.4 Å². The van der Waals surface area contributed by atoms with Crippen LogP contribution in [0, 0.1) is 0 Å². The lowest BCUT2D eigenvalue weighted by Crippen LogP contribution is -2.34. The van der Waals surface area contributed by atoms with Crippen molar-refractivity contribution in [1.29, 1.82) is 0 Å². The Kier molecular flexibility index (Phi) is 8.42. The van der Waals surface area contributed by atoms with Gasteiger partial charge in [-0.15, -0.1) is 0 Å². The second kappa shape index (κ2) is 10.3. The van der Waals surface area contributed by atoms with Gasteiger partial charge in [-0.25, -0.2) is 0 Å². The largest absolute Gasteiger partial charge is 0.491 e. The summed E-state index contributed by atoms with van der Waals surface area (Å²) in [5.74, 6) is 0.707. The molecule has 0 bridgehead atoms. The number of rotatable bonds is 10. The Morgan fingerprint density at radius 3 is 2.68 bits per heavy atom. The van der Waals surface area contributed by atoms with E-state index in [0.717, 1.165) is 18.8 Å². The van der Waals surface area contributed by atoms with Crippen molar-refractivity contribution in [1.82, 2.24) is 10.6 Å². The number of para-hydroxylation sites is 1. The molecule has 2 N–H and O–H groups in total. The van der Waals surface area contributed by atoms with Gasteiger partial charge in [0.25, 0.3) is 0 Å². The number of carbonyl (C=O) groups is 1. The van der Waals surface area contributed by atoms with E-state index in [1.807, 2.05) is 37.3 Å². The molecule has 0 aliphatic heterocycles. The van der Waals surface area contributed by atoms with Crippen LogP contribution in [0.15, 0.2) is 30.3 Å². The fraction of sp³-hybridized carbons (Fsp3) is 0.500. The lowest BCUT2D eigenvalue weighted by molar-refractivity contribution is -0.125. The molecule has 106 valence electrons. The third-order valence-corrected chi connectivity index (χ3v) is 2.35. The molecule has 1 aromatic carbocycles. The van der Waals surface area contributed by atoms with E-state index < -0.39 is 0 Å². The van der Waals surface area contributed by atoms with Crippen molar-refractivity contribution in [3.8, 4) is 5.75 Å². The normalized spacial score (nSPS) is 10.2. The van der Waals surface area contributed by atoms with Gasteiger partial charge < -0.3 is 20.1 Å². The minimum atomic E-state index is -0.0994. The summed E-state index contributed by atoms with van der Waals surface area (Å²) in [4.78, 5) is 11.3. The van der Waals surface area contributed by atoms with Gasteiger partial charge in [0.15, 0.2) is 0 Å². The third kappa shape index (κ3) is 8.18. The molecule has 0 heterocycles. The summed E-state index contributed by atoms with van der Waals surface area (Å²) in [6, 6.07) is 9.52. The van der Waals surface area contributed by atoms with Crippen LogP contribution in [0.5, 0.6) is 5.75 Å². The number of hydrogen-bond donors (Lipinski definition) is 2. The van der Waals surface area contributed by atoms with Crippen LogP contribution in [0.3, 0.4) is 0 Å². The van der Waals surface area contributed by atoms with Crippen molar-refractivity contribution in [2.45, 2.75) is 6.92 Å². The third-order valence-electron chi connectivity index (χ3n) is 2.35. The maximum atomic E-state index is 11.3. The number of nitrogens with one attached hydrogen (secondary N) is 2. The van der Waals surface area contributed by atoms with Crippen LogP contribution in [0.4, 0.5) is 0 Å².